The second-order valence-electron chi connectivity index (χ2n) is 4.14. The average Bonchev–Trinajstić information content (AvgIpc) is 2.38. The van der Waals surface area contributed by atoms with Gasteiger partial charge in [0.1, 0.15) is 17.3 Å². The molecule has 0 aliphatic rings. The SMILES string of the molecule is Cc1ccc(F)c(NCc2cc(Cl)ccc2F)c1F. The average molecular weight is 286 g/mol. The lowest BCUT2D eigenvalue weighted by Crippen LogP contribution is -2.06. The van der Waals surface area contributed by atoms with Crippen molar-refractivity contribution in [3.63, 3.8) is 0 Å². The fraction of sp³-hybridized carbons (Fsp3) is 0.143. The zero-order valence-corrected chi connectivity index (χ0v) is 10.9. The van der Waals surface area contributed by atoms with Crippen LogP contribution in [-0.2, 0) is 6.54 Å². The van der Waals surface area contributed by atoms with Gasteiger partial charge in [-0.1, -0.05) is 17.7 Å². The van der Waals surface area contributed by atoms with Gasteiger partial charge in [-0.05, 0) is 36.8 Å². The van der Waals surface area contributed by atoms with Gasteiger partial charge in [0, 0.05) is 17.1 Å². The molecule has 0 bridgehead atoms. The van der Waals surface area contributed by atoms with Crippen molar-refractivity contribution in [3.8, 4) is 0 Å². The molecule has 2 aromatic carbocycles. The smallest absolute Gasteiger partial charge is 0.152 e. The van der Waals surface area contributed by atoms with Crippen molar-refractivity contribution in [1.82, 2.24) is 0 Å². The van der Waals surface area contributed by atoms with Crippen molar-refractivity contribution in [2.75, 3.05) is 5.32 Å². The number of benzene rings is 2. The Morgan fingerprint density at radius 2 is 1.74 bits per heavy atom. The van der Waals surface area contributed by atoms with Gasteiger partial charge >= 0.3 is 0 Å². The van der Waals surface area contributed by atoms with E-state index in [4.69, 9.17) is 11.6 Å². The van der Waals surface area contributed by atoms with E-state index >= 15 is 0 Å². The van der Waals surface area contributed by atoms with Crippen LogP contribution in [0.2, 0.25) is 5.02 Å². The van der Waals surface area contributed by atoms with Crippen LogP contribution >= 0.6 is 11.6 Å². The van der Waals surface area contributed by atoms with E-state index in [9.17, 15) is 13.2 Å². The van der Waals surface area contributed by atoms with Crippen LogP contribution in [0, 0.1) is 24.4 Å². The van der Waals surface area contributed by atoms with Crippen LogP contribution in [-0.4, -0.2) is 0 Å². The Hall–Kier alpha value is -1.68. The third-order valence-corrected chi connectivity index (χ3v) is 2.98. The van der Waals surface area contributed by atoms with E-state index < -0.39 is 17.5 Å². The maximum atomic E-state index is 13.7. The predicted octanol–water partition coefficient (Wildman–Crippen LogP) is 4.68. The van der Waals surface area contributed by atoms with Crippen LogP contribution in [0.3, 0.4) is 0 Å². The molecule has 5 heteroatoms. The molecule has 19 heavy (non-hydrogen) atoms. The molecular formula is C14H11ClF3N. The fourth-order valence-electron chi connectivity index (χ4n) is 1.68. The van der Waals surface area contributed by atoms with Crippen molar-refractivity contribution in [2.45, 2.75) is 13.5 Å². The van der Waals surface area contributed by atoms with Crippen LogP contribution < -0.4 is 5.32 Å². The summed E-state index contributed by atoms with van der Waals surface area (Å²) in [5.74, 6) is -1.88. The van der Waals surface area contributed by atoms with Crippen molar-refractivity contribution in [1.29, 1.82) is 0 Å². The van der Waals surface area contributed by atoms with Crippen LogP contribution in [0.25, 0.3) is 0 Å². The van der Waals surface area contributed by atoms with Gasteiger partial charge < -0.3 is 5.32 Å². The third kappa shape index (κ3) is 3.01. The van der Waals surface area contributed by atoms with E-state index in [1.54, 1.807) is 0 Å². The molecule has 2 aromatic rings. The van der Waals surface area contributed by atoms with Gasteiger partial charge in [-0.2, -0.15) is 0 Å². The fourth-order valence-corrected chi connectivity index (χ4v) is 1.88. The standard InChI is InChI=1S/C14H11ClF3N/c1-8-2-4-12(17)14(13(8)18)19-7-9-6-10(15)3-5-11(9)16/h2-6,19H,7H2,1H3. The molecule has 0 fully saturated rings. The molecule has 0 saturated heterocycles. The topological polar surface area (TPSA) is 12.0 Å². The van der Waals surface area contributed by atoms with Gasteiger partial charge in [0.05, 0.1) is 0 Å². The first-order valence-corrected chi connectivity index (χ1v) is 5.99. The van der Waals surface area contributed by atoms with E-state index in [0.717, 1.165) is 6.07 Å². The van der Waals surface area contributed by atoms with E-state index in [-0.39, 0.29) is 17.8 Å². The van der Waals surface area contributed by atoms with Gasteiger partial charge in [0.25, 0.3) is 0 Å². The van der Waals surface area contributed by atoms with Gasteiger partial charge in [-0.3, -0.25) is 0 Å². The number of aryl methyl sites for hydroxylation is 1. The largest absolute Gasteiger partial charge is 0.376 e. The molecule has 2 rings (SSSR count). The van der Waals surface area contributed by atoms with Crippen LogP contribution in [0.15, 0.2) is 30.3 Å². The molecule has 100 valence electrons. The number of nitrogens with one attached hydrogen (secondary N) is 1. The van der Waals surface area contributed by atoms with Crippen LogP contribution in [0.4, 0.5) is 18.9 Å². The lowest BCUT2D eigenvalue weighted by Gasteiger charge is -2.11. The van der Waals surface area contributed by atoms with Crippen molar-refractivity contribution in [3.05, 3.63) is 63.9 Å². The minimum Gasteiger partial charge on any atom is -0.376 e. The van der Waals surface area contributed by atoms with Crippen LogP contribution in [0.1, 0.15) is 11.1 Å². The Bertz CT molecular complexity index is 614. The first-order chi connectivity index (χ1) is 8.99. The number of hydrogen-bond acceptors (Lipinski definition) is 1. The molecule has 0 atom stereocenters. The molecule has 1 N–H and O–H groups in total. The Balaban J connectivity index is 2.24. The second kappa shape index (κ2) is 5.53. The molecule has 0 radical (unpaired) electrons. The summed E-state index contributed by atoms with van der Waals surface area (Å²) < 4.78 is 40.7. The highest BCUT2D eigenvalue weighted by Gasteiger charge is 2.12. The monoisotopic (exact) mass is 285 g/mol. The number of halogens is 4. The lowest BCUT2D eigenvalue weighted by atomic mass is 10.1. The normalized spacial score (nSPS) is 10.6. The van der Waals surface area contributed by atoms with Crippen molar-refractivity contribution < 1.29 is 13.2 Å². The first kappa shape index (κ1) is 13.7. The Morgan fingerprint density at radius 1 is 1.05 bits per heavy atom. The minimum absolute atomic E-state index is 0.0519. The van der Waals surface area contributed by atoms with E-state index in [1.807, 2.05) is 0 Å². The zero-order chi connectivity index (χ0) is 14.0. The van der Waals surface area contributed by atoms with E-state index in [0.29, 0.717) is 10.6 Å². The molecule has 0 aromatic heterocycles. The molecule has 0 spiro atoms. The summed E-state index contributed by atoms with van der Waals surface area (Å²) >= 11 is 5.74. The lowest BCUT2D eigenvalue weighted by molar-refractivity contribution is 0.580. The maximum absolute atomic E-state index is 13.7. The highest BCUT2D eigenvalue weighted by atomic mass is 35.5. The van der Waals surface area contributed by atoms with Gasteiger partial charge in [0.15, 0.2) is 5.82 Å². The Morgan fingerprint density at radius 3 is 2.47 bits per heavy atom. The minimum atomic E-state index is -0.717. The summed E-state index contributed by atoms with van der Waals surface area (Å²) in [5, 5.41) is 2.92. The van der Waals surface area contributed by atoms with Gasteiger partial charge in [-0.15, -0.1) is 0 Å². The first-order valence-electron chi connectivity index (χ1n) is 5.61. The Labute approximate surface area is 114 Å². The zero-order valence-electron chi connectivity index (χ0n) is 10.1. The second-order valence-corrected chi connectivity index (χ2v) is 4.58. The molecular weight excluding hydrogens is 275 g/mol. The quantitative estimate of drug-likeness (QED) is 0.863. The Kier molecular flexibility index (Phi) is 4.00. The highest BCUT2D eigenvalue weighted by Crippen LogP contribution is 2.23. The molecule has 0 heterocycles. The van der Waals surface area contributed by atoms with E-state index in [1.165, 1.54) is 31.2 Å². The summed E-state index contributed by atoms with van der Waals surface area (Å²) in [6.45, 7) is 1.48. The third-order valence-electron chi connectivity index (χ3n) is 2.75. The van der Waals surface area contributed by atoms with Gasteiger partial charge in [-0.25, -0.2) is 13.2 Å². The van der Waals surface area contributed by atoms with Gasteiger partial charge in [0.2, 0.25) is 0 Å². The number of rotatable bonds is 3. The molecule has 0 aliphatic carbocycles. The summed E-state index contributed by atoms with van der Waals surface area (Å²) in [6, 6.07) is 6.54. The van der Waals surface area contributed by atoms with E-state index in [2.05, 4.69) is 5.32 Å². The molecule has 0 unspecified atom stereocenters. The molecule has 1 nitrogen and oxygen atoms in total. The molecule has 0 amide bonds. The summed E-state index contributed by atoms with van der Waals surface area (Å²) in [4.78, 5) is 0. The summed E-state index contributed by atoms with van der Waals surface area (Å²) in [7, 11) is 0. The maximum Gasteiger partial charge on any atom is 0.152 e. The van der Waals surface area contributed by atoms with Crippen LogP contribution in [0.5, 0.6) is 0 Å². The molecule has 0 aliphatic heterocycles. The van der Waals surface area contributed by atoms with Crippen molar-refractivity contribution in [2.24, 2.45) is 0 Å². The number of anilines is 1. The highest BCUT2D eigenvalue weighted by molar-refractivity contribution is 6.30. The van der Waals surface area contributed by atoms with Crippen molar-refractivity contribution >= 4 is 17.3 Å². The number of hydrogen-bond donors (Lipinski definition) is 1. The molecule has 0 saturated carbocycles. The summed E-state index contributed by atoms with van der Waals surface area (Å²) in [6.07, 6.45) is 0. The predicted molar refractivity (Wildman–Crippen MR) is 69.8 cm³/mol. The summed E-state index contributed by atoms with van der Waals surface area (Å²) in [5.41, 5.74) is 0.294.